The van der Waals surface area contributed by atoms with E-state index in [1.165, 1.54) is 5.56 Å². The van der Waals surface area contributed by atoms with Crippen molar-refractivity contribution >= 4 is 5.82 Å². The zero-order chi connectivity index (χ0) is 20.9. The highest BCUT2D eigenvalue weighted by molar-refractivity contribution is 5.70. The minimum absolute atomic E-state index is 0.0251. The van der Waals surface area contributed by atoms with Crippen LogP contribution in [0.1, 0.15) is 38.6 Å². The third kappa shape index (κ3) is 3.11. The Kier molecular flexibility index (Phi) is 4.63. The second-order valence-corrected chi connectivity index (χ2v) is 8.33. The molecule has 4 aliphatic rings. The van der Waals surface area contributed by atoms with Crippen LogP contribution < -0.4 is 11.0 Å². The van der Waals surface area contributed by atoms with Crippen LogP contribution in [0.4, 0.5) is 5.82 Å². The molecule has 30 heavy (non-hydrogen) atoms. The molecule has 0 saturated carbocycles. The average molecular weight is 409 g/mol. The smallest absolute Gasteiger partial charge is 0.331 e. The van der Waals surface area contributed by atoms with E-state index >= 15 is 0 Å². The number of ether oxygens (including phenoxy) is 2. The van der Waals surface area contributed by atoms with Crippen LogP contribution in [0.2, 0.25) is 0 Å². The summed E-state index contributed by atoms with van der Waals surface area (Å²) in [5, 5.41) is 3.53. The lowest BCUT2D eigenvalue weighted by Gasteiger charge is -2.18. The highest BCUT2D eigenvalue weighted by atomic mass is 16.7. The number of nitrogens with one attached hydrogen (secondary N) is 1. The van der Waals surface area contributed by atoms with E-state index in [0.717, 1.165) is 18.7 Å². The summed E-state index contributed by atoms with van der Waals surface area (Å²) in [5.41, 5.74) is 1.87. The first-order chi connectivity index (χ1) is 14.5. The van der Waals surface area contributed by atoms with Gasteiger partial charge in [0.1, 0.15) is 11.5 Å². The van der Waals surface area contributed by atoms with Crippen LogP contribution in [-0.2, 0) is 34.8 Å². The average Bonchev–Trinajstić information content (AvgIpc) is 3.43. The van der Waals surface area contributed by atoms with Crippen molar-refractivity contribution in [3.8, 4) is 11.5 Å². The number of anilines is 1. The fourth-order valence-electron chi connectivity index (χ4n) is 4.40. The van der Waals surface area contributed by atoms with E-state index in [1.54, 1.807) is 9.13 Å². The van der Waals surface area contributed by atoms with Gasteiger partial charge in [0.05, 0.1) is 12.7 Å². The van der Waals surface area contributed by atoms with Gasteiger partial charge in [-0.2, -0.15) is 0 Å². The normalized spacial score (nSPS) is 25.6. The van der Waals surface area contributed by atoms with E-state index in [-0.39, 0.29) is 17.8 Å². The lowest BCUT2D eigenvalue weighted by atomic mass is 10.1. The molecule has 0 aromatic heterocycles. The van der Waals surface area contributed by atoms with Gasteiger partial charge in [0.25, 0.3) is 0 Å². The first-order valence-corrected chi connectivity index (χ1v) is 10.6. The zero-order valence-electron chi connectivity index (χ0n) is 17.6. The third-order valence-electron chi connectivity index (χ3n) is 5.79. The van der Waals surface area contributed by atoms with Gasteiger partial charge in [0.15, 0.2) is 11.6 Å². The van der Waals surface area contributed by atoms with Crippen molar-refractivity contribution in [1.82, 2.24) is 19.1 Å². The summed E-state index contributed by atoms with van der Waals surface area (Å²) in [7, 11) is 0. The Morgan fingerprint density at radius 1 is 1.27 bits per heavy atom. The van der Waals surface area contributed by atoms with Crippen molar-refractivity contribution in [2.45, 2.75) is 64.6 Å². The van der Waals surface area contributed by atoms with Gasteiger partial charge in [-0.05, 0) is 32.3 Å². The topological polar surface area (TPSA) is 83.2 Å². The van der Waals surface area contributed by atoms with E-state index in [9.17, 15) is 4.79 Å². The maximum atomic E-state index is 13.3. The Hall–Kier alpha value is -2.71. The van der Waals surface area contributed by atoms with E-state index in [0.29, 0.717) is 37.0 Å². The van der Waals surface area contributed by atoms with Gasteiger partial charge in [-0.15, -0.1) is 0 Å². The van der Waals surface area contributed by atoms with E-state index in [2.05, 4.69) is 24.4 Å². The number of hydrogen-bond acceptors (Lipinski definition) is 6. The zero-order valence-corrected chi connectivity index (χ0v) is 17.6. The van der Waals surface area contributed by atoms with Crippen LogP contribution in [-0.4, -0.2) is 37.9 Å². The largest absolute Gasteiger partial charge is 0.365 e. The lowest BCUT2D eigenvalue weighted by molar-refractivity contribution is -0.165. The molecular formula is C22H27N5O3. The van der Waals surface area contributed by atoms with E-state index < -0.39 is 5.79 Å². The molecular weight excluding hydrogens is 382 g/mol. The predicted molar refractivity (Wildman–Crippen MR) is 113 cm³/mol. The molecule has 158 valence electrons. The minimum atomic E-state index is -0.995. The van der Waals surface area contributed by atoms with Crippen molar-refractivity contribution in [2.24, 2.45) is 0 Å². The van der Waals surface area contributed by atoms with Crippen LogP contribution in [0.3, 0.4) is 0 Å². The Labute approximate surface area is 175 Å². The van der Waals surface area contributed by atoms with Crippen molar-refractivity contribution in [2.75, 3.05) is 11.9 Å². The Balaban J connectivity index is 1.57. The maximum absolute atomic E-state index is 13.3. The Morgan fingerprint density at radius 3 is 2.77 bits per heavy atom. The number of hydrogen-bond donors (Lipinski definition) is 1. The molecule has 4 heterocycles. The molecule has 1 N–H and O–H groups in total. The Morgan fingerprint density at radius 2 is 2.07 bits per heavy atom. The third-order valence-corrected chi connectivity index (χ3v) is 5.79. The Bertz CT molecular complexity index is 1090. The van der Waals surface area contributed by atoms with E-state index in [4.69, 9.17) is 19.4 Å². The summed E-state index contributed by atoms with van der Waals surface area (Å²) in [6, 6.07) is 10.4. The second kappa shape index (κ2) is 7.21. The van der Waals surface area contributed by atoms with Crippen molar-refractivity contribution in [3.05, 3.63) is 52.2 Å². The van der Waals surface area contributed by atoms with Gasteiger partial charge in [-0.3, -0.25) is 9.13 Å². The summed E-state index contributed by atoms with van der Waals surface area (Å²) in [6.07, 6.45) is 1.64. The second-order valence-electron chi connectivity index (χ2n) is 8.33. The lowest BCUT2D eigenvalue weighted by Crippen LogP contribution is -2.32. The summed E-state index contributed by atoms with van der Waals surface area (Å²) >= 11 is 0. The number of rotatable bonds is 5. The molecule has 8 heteroatoms. The number of nitrogens with zero attached hydrogens (tertiary/aromatic N) is 4. The van der Waals surface area contributed by atoms with E-state index in [1.807, 2.05) is 32.0 Å². The molecule has 5 rings (SSSR count). The van der Waals surface area contributed by atoms with Gasteiger partial charge in [-0.1, -0.05) is 37.3 Å². The molecule has 1 aromatic carbocycles. The molecule has 4 aliphatic heterocycles. The summed E-state index contributed by atoms with van der Waals surface area (Å²) in [5.74, 6) is 0.791. The van der Waals surface area contributed by atoms with Crippen LogP contribution >= 0.6 is 0 Å². The SMILES string of the molecule is CCCn1c2nc(C3(C)OC[C@@H](C)O3)nc-2c2n(c1=O)C[C@@H](Cc1ccccc1)N2. The molecule has 3 atom stereocenters. The highest BCUT2D eigenvalue weighted by Gasteiger charge is 2.43. The monoisotopic (exact) mass is 409 g/mol. The van der Waals surface area contributed by atoms with Crippen LogP contribution in [0.15, 0.2) is 35.1 Å². The van der Waals surface area contributed by atoms with Crippen LogP contribution in [0.5, 0.6) is 0 Å². The molecule has 1 aromatic rings. The first-order valence-electron chi connectivity index (χ1n) is 10.6. The molecule has 1 saturated heterocycles. The predicted octanol–water partition coefficient (Wildman–Crippen LogP) is 2.60. The molecule has 0 radical (unpaired) electrons. The minimum Gasteiger partial charge on any atom is -0.365 e. The van der Waals surface area contributed by atoms with Gasteiger partial charge in [0.2, 0.25) is 5.79 Å². The fourth-order valence-corrected chi connectivity index (χ4v) is 4.40. The summed E-state index contributed by atoms with van der Waals surface area (Å²) in [4.78, 5) is 22.8. The number of benzene rings is 1. The molecule has 0 spiro atoms. The summed E-state index contributed by atoms with van der Waals surface area (Å²) in [6.45, 7) is 7.54. The number of fused-ring (bicyclic) bond motifs is 3. The van der Waals surface area contributed by atoms with Crippen molar-refractivity contribution in [3.63, 3.8) is 0 Å². The highest BCUT2D eigenvalue weighted by Crippen LogP contribution is 2.37. The summed E-state index contributed by atoms with van der Waals surface area (Å²) < 4.78 is 15.3. The molecule has 0 amide bonds. The molecule has 0 aliphatic carbocycles. The number of imidazole rings is 1. The molecule has 1 fully saturated rings. The van der Waals surface area contributed by atoms with Gasteiger partial charge in [-0.25, -0.2) is 14.8 Å². The molecule has 8 nitrogen and oxygen atoms in total. The van der Waals surface area contributed by atoms with Gasteiger partial charge in [0, 0.05) is 19.1 Å². The van der Waals surface area contributed by atoms with Crippen LogP contribution in [0.25, 0.3) is 11.5 Å². The standard InChI is InChI=1S/C22H27N5O3/c1-4-10-26-19-17(24-20(25-19)22(3)29-13-14(2)30-22)18-23-16(12-27(18)21(26)28)11-15-8-6-5-7-9-15/h5-9,14,16,23H,4,10-13H2,1-3H3/t14-,16-,22?/m1/s1. The van der Waals surface area contributed by atoms with Crippen LogP contribution in [0, 0.1) is 0 Å². The van der Waals surface area contributed by atoms with Crippen molar-refractivity contribution in [1.29, 1.82) is 0 Å². The fraction of sp³-hybridized carbons (Fsp3) is 0.500. The maximum Gasteiger partial charge on any atom is 0.331 e. The van der Waals surface area contributed by atoms with Crippen molar-refractivity contribution < 1.29 is 9.47 Å². The van der Waals surface area contributed by atoms with Gasteiger partial charge >= 0.3 is 5.69 Å². The molecule has 1 unspecified atom stereocenters. The quantitative estimate of drug-likeness (QED) is 0.697. The van der Waals surface area contributed by atoms with Gasteiger partial charge < -0.3 is 14.8 Å². The first kappa shape index (κ1) is 19.3. The molecule has 0 bridgehead atoms. The number of aromatic nitrogens is 4.